The minimum Gasteiger partial charge on any atom is -0.346 e. The first-order valence-electron chi connectivity index (χ1n) is 11.0. The fourth-order valence-electron chi connectivity index (χ4n) is 4.12. The molecule has 0 unspecified atom stereocenters. The standard InChI is InChI=1S/C23H30FN3O4/c1-15(2)13-19(25-21(29)12-7-16-5-3-4-6-16)20(28)14-27-22(26-31-23(27)30)17-8-10-18(24)11-9-17/h8-11,15-16,19H,3-7,12-14H2,1-2H3,(H,25,29)/t19-/m0/s1. The Hall–Kier alpha value is -2.77. The predicted molar refractivity (Wildman–Crippen MR) is 114 cm³/mol. The molecule has 1 heterocycles. The van der Waals surface area contributed by atoms with E-state index in [1.807, 2.05) is 13.8 Å². The van der Waals surface area contributed by atoms with Gasteiger partial charge >= 0.3 is 5.76 Å². The highest BCUT2D eigenvalue weighted by atomic mass is 19.1. The molecule has 1 aromatic heterocycles. The van der Waals surface area contributed by atoms with Gasteiger partial charge in [0.05, 0.1) is 12.6 Å². The lowest BCUT2D eigenvalue weighted by atomic mass is 9.98. The third-order valence-corrected chi connectivity index (χ3v) is 5.79. The zero-order valence-electron chi connectivity index (χ0n) is 18.1. The van der Waals surface area contributed by atoms with Crippen LogP contribution in [0.3, 0.4) is 0 Å². The van der Waals surface area contributed by atoms with E-state index in [2.05, 4.69) is 10.5 Å². The van der Waals surface area contributed by atoms with Crippen molar-refractivity contribution in [2.24, 2.45) is 11.8 Å². The minimum atomic E-state index is -0.775. The molecule has 0 saturated heterocycles. The van der Waals surface area contributed by atoms with Crippen molar-refractivity contribution in [1.82, 2.24) is 15.0 Å². The Balaban J connectivity index is 1.69. The molecule has 1 aromatic carbocycles. The molecule has 1 fully saturated rings. The van der Waals surface area contributed by atoms with E-state index in [-0.39, 0.29) is 30.0 Å². The van der Waals surface area contributed by atoms with E-state index in [9.17, 15) is 18.8 Å². The third kappa shape index (κ3) is 6.35. The summed E-state index contributed by atoms with van der Waals surface area (Å²) in [5.74, 6) is -0.704. The Kier molecular flexibility index (Phi) is 7.76. The van der Waals surface area contributed by atoms with E-state index < -0.39 is 17.6 Å². The van der Waals surface area contributed by atoms with Crippen LogP contribution in [0, 0.1) is 17.7 Å². The lowest BCUT2D eigenvalue weighted by Crippen LogP contribution is -2.44. The molecule has 7 nitrogen and oxygen atoms in total. The fourth-order valence-corrected chi connectivity index (χ4v) is 4.12. The topological polar surface area (TPSA) is 94.2 Å². The number of rotatable bonds is 10. The summed E-state index contributed by atoms with van der Waals surface area (Å²) >= 11 is 0. The molecule has 0 spiro atoms. The average molecular weight is 432 g/mol. The summed E-state index contributed by atoms with van der Waals surface area (Å²) in [5.41, 5.74) is 0.459. The normalized spacial score (nSPS) is 15.4. The Morgan fingerprint density at radius 1 is 1.23 bits per heavy atom. The van der Waals surface area contributed by atoms with Gasteiger partial charge in [-0.05, 0) is 48.9 Å². The van der Waals surface area contributed by atoms with Crippen molar-refractivity contribution < 1.29 is 18.5 Å². The van der Waals surface area contributed by atoms with Gasteiger partial charge in [0.1, 0.15) is 5.82 Å². The molecule has 2 aromatic rings. The van der Waals surface area contributed by atoms with Crippen molar-refractivity contribution in [3.63, 3.8) is 0 Å². The predicted octanol–water partition coefficient (Wildman–Crippen LogP) is 3.71. The van der Waals surface area contributed by atoms with E-state index >= 15 is 0 Å². The summed E-state index contributed by atoms with van der Waals surface area (Å²) in [6.07, 6.45) is 6.51. The summed E-state index contributed by atoms with van der Waals surface area (Å²) in [6.45, 7) is 3.66. The molecule has 1 aliphatic rings. The summed E-state index contributed by atoms with van der Waals surface area (Å²) in [4.78, 5) is 37.7. The summed E-state index contributed by atoms with van der Waals surface area (Å²) in [5, 5.41) is 6.60. The van der Waals surface area contributed by atoms with Gasteiger partial charge in [-0.1, -0.05) is 44.7 Å². The number of hydrogen-bond donors (Lipinski definition) is 1. The number of amides is 1. The summed E-state index contributed by atoms with van der Waals surface area (Å²) in [6, 6.07) is 4.71. The van der Waals surface area contributed by atoms with Crippen LogP contribution in [0.2, 0.25) is 0 Å². The lowest BCUT2D eigenvalue weighted by Gasteiger charge is -2.20. The second kappa shape index (κ2) is 10.5. The summed E-state index contributed by atoms with van der Waals surface area (Å²) in [7, 11) is 0. The van der Waals surface area contributed by atoms with Gasteiger partial charge in [-0.25, -0.2) is 13.8 Å². The van der Waals surface area contributed by atoms with Crippen LogP contribution in [0.25, 0.3) is 11.4 Å². The molecule has 8 heteroatoms. The van der Waals surface area contributed by atoms with Gasteiger partial charge in [-0.2, -0.15) is 0 Å². The van der Waals surface area contributed by atoms with Gasteiger partial charge in [0.2, 0.25) is 5.91 Å². The Morgan fingerprint density at radius 3 is 2.55 bits per heavy atom. The quantitative estimate of drug-likeness (QED) is 0.619. The van der Waals surface area contributed by atoms with E-state index in [0.717, 1.165) is 11.0 Å². The number of aromatic nitrogens is 2. The second-order valence-corrected chi connectivity index (χ2v) is 8.77. The van der Waals surface area contributed by atoms with Crippen LogP contribution < -0.4 is 11.1 Å². The number of carbonyl (C=O) groups is 2. The molecule has 168 valence electrons. The SMILES string of the molecule is CC(C)C[C@H](NC(=O)CCC1CCCC1)C(=O)Cn1c(-c2ccc(F)cc2)noc1=O. The van der Waals surface area contributed by atoms with Crippen LogP contribution in [-0.4, -0.2) is 27.5 Å². The highest BCUT2D eigenvalue weighted by molar-refractivity contribution is 5.89. The molecule has 1 amide bonds. The number of ketones is 1. The van der Waals surface area contributed by atoms with E-state index in [0.29, 0.717) is 24.3 Å². The van der Waals surface area contributed by atoms with Crippen LogP contribution in [0.15, 0.2) is 33.6 Å². The van der Waals surface area contributed by atoms with E-state index in [1.165, 1.54) is 49.9 Å². The van der Waals surface area contributed by atoms with E-state index in [4.69, 9.17) is 4.52 Å². The minimum absolute atomic E-state index is 0.137. The smallest absolute Gasteiger partial charge is 0.346 e. The molecular formula is C23H30FN3O4. The molecule has 1 N–H and O–H groups in total. The molecule has 1 atom stereocenters. The maximum Gasteiger partial charge on any atom is 0.442 e. The third-order valence-electron chi connectivity index (χ3n) is 5.79. The van der Waals surface area contributed by atoms with Crippen molar-refractivity contribution in [1.29, 1.82) is 0 Å². The number of carbonyl (C=O) groups excluding carboxylic acids is 2. The Bertz CT molecular complexity index is 942. The highest BCUT2D eigenvalue weighted by Gasteiger charge is 2.25. The molecule has 31 heavy (non-hydrogen) atoms. The molecular weight excluding hydrogens is 401 g/mol. The number of nitrogens with zero attached hydrogens (tertiary/aromatic N) is 2. The molecule has 1 saturated carbocycles. The van der Waals surface area contributed by atoms with Crippen molar-refractivity contribution in [3.8, 4) is 11.4 Å². The van der Waals surface area contributed by atoms with Crippen molar-refractivity contribution in [2.75, 3.05) is 0 Å². The van der Waals surface area contributed by atoms with Crippen molar-refractivity contribution in [3.05, 3.63) is 40.6 Å². The average Bonchev–Trinajstić information content (AvgIpc) is 3.37. The van der Waals surface area contributed by atoms with Crippen LogP contribution in [-0.2, 0) is 16.1 Å². The second-order valence-electron chi connectivity index (χ2n) is 8.77. The van der Waals surface area contributed by atoms with Gasteiger partial charge in [0.15, 0.2) is 11.6 Å². The maximum atomic E-state index is 13.2. The first-order valence-corrected chi connectivity index (χ1v) is 11.0. The van der Waals surface area contributed by atoms with Crippen molar-refractivity contribution >= 4 is 11.7 Å². The van der Waals surface area contributed by atoms with Crippen molar-refractivity contribution in [2.45, 2.75) is 71.4 Å². The number of Topliss-reactive ketones (excluding diaryl/α,β-unsaturated/α-hetero) is 1. The monoisotopic (exact) mass is 431 g/mol. The molecule has 0 aliphatic heterocycles. The highest BCUT2D eigenvalue weighted by Crippen LogP contribution is 2.28. The molecule has 0 bridgehead atoms. The zero-order valence-corrected chi connectivity index (χ0v) is 18.1. The van der Waals surface area contributed by atoms with Gasteiger partial charge in [0, 0.05) is 12.0 Å². The lowest BCUT2D eigenvalue weighted by molar-refractivity contribution is -0.128. The zero-order chi connectivity index (χ0) is 22.4. The number of nitrogens with one attached hydrogen (secondary N) is 1. The van der Waals surface area contributed by atoms with Crippen LogP contribution >= 0.6 is 0 Å². The van der Waals surface area contributed by atoms with Crippen LogP contribution in [0.1, 0.15) is 58.8 Å². The largest absolute Gasteiger partial charge is 0.442 e. The van der Waals surface area contributed by atoms with Gasteiger partial charge < -0.3 is 5.32 Å². The first kappa shape index (κ1) is 22.9. The number of halogens is 1. The fraction of sp³-hybridized carbons (Fsp3) is 0.565. The number of benzene rings is 1. The number of hydrogen-bond acceptors (Lipinski definition) is 5. The van der Waals surface area contributed by atoms with E-state index in [1.54, 1.807) is 0 Å². The maximum absolute atomic E-state index is 13.2. The Labute approximate surface area is 181 Å². The molecule has 1 aliphatic carbocycles. The first-order chi connectivity index (χ1) is 14.8. The molecule has 3 rings (SSSR count). The van der Waals surface area contributed by atoms with Gasteiger partial charge in [0.25, 0.3) is 0 Å². The molecule has 0 radical (unpaired) electrons. The van der Waals surface area contributed by atoms with Crippen LogP contribution in [0.5, 0.6) is 0 Å². The van der Waals surface area contributed by atoms with Gasteiger partial charge in [-0.3, -0.25) is 14.1 Å². The van der Waals surface area contributed by atoms with Gasteiger partial charge in [-0.15, -0.1) is 0 Å². The van der Waals surface area contributed by atoms with Crippen LogP contribution in [0.4, 0.5) is 4.39 Å². The Morgan fingerprint density at radius 2 is 1.90 bits per heavy atom. The summed E-state index contributed by atoms with van der Waals surface area (Å²) < 4.78 is 19.1.